The zero-order chi connectivity index (χ0) is 15.6. The lowest BCUT2D eigenvalue weighted by molar-refractivity contribution is -0.385. The molecule has 21 heavy (non-hydrogen) atoms. The molecule has 0 unspecified atom stereocenters. The van der Waals surface area contributed by atoms with Crippen LogP contribution in [0, 0.1) is 29.8 Å². The smallest absolute Gasteiger partial charge is 0.272 e. The second-order valence-electron chi connectivity index (χ2n) is 4.69. The monoisotopic (exact) mass is 288 g/mol. The second kappa shape index (κ2) is 5.70. The number of nitrogens with zero attached hydrogens (tertiary/aromatic N) is 1. The van der Waals surface area contributed by atoms with Gasteiger partial charge in [0.25, 0.3) is 11.6 Å². The van der Waals surface area contributed by atoms with Crippen molar-refractivity contribution in [2.45, 2.75) is 13.8 Å². The molecule has 1 N–H and O–H groups in total. The van der Waals surface area contributed by atoms with Crippen LogP contribution in [0.15, 0.2) is 36.4 Å². The fourth-order valence-electron chi connectivity index (χ4n) is 1.86. The summed E-state index contributed by atoms with van der Waals surface area (Å²) < 4.78 is 13.8. The molecule has 0 spiro atoms. The summed E-state index contributed by atoms with van der Waals surface area (Å²) in [5, 5.41) is 13.2. The molecule has 0 aliphatic heterocycles. The number of hydrogen-bond acceptors (Lipinski definition) is 3. The first-order valence-electron chi connectivity index (χ1n) is 6.21. The minimum absolute atomic E-state index is 0.235. The summed E-state index contributed by atoms with van der Waals surface area (Å²) in [4.78, 5) is 21.9. The molecule has 0 atom stereocenters. The SMILES string of the molecule is Cc1ccc(C)c(NC(=O)c2ccc([N+](=O)[O-])cc2F)c1. The maximum absolute atomic E-state index is 13.8. The molecule has 0 bridgehead atoms. The van der Waals surface area contributed by atoms with E-state index in [1.807, 2.05) is 26.0 Å². The van der Waals surface area contributed by atoms with Crippen LogP contribution in [0.25, 0.3) is 0 Å². The molecule has 0 fully saturated rings. The van der Waals surface area contributed by atoms with E-state index in [1.54, 1.807) is 6.07 Å². The van der Waals surface area contributed by atoms with Gasteiger partial charge in [-0.1, -0.05) is 12.1 Å². The minimum Gasteiger partial charge on any atom is -0.322 e. The van der Waals surface area contributed by atoms with E-state index in [4.69, 9.17) is 0 Å². The molecule has 2 aromatic carbocycles. The van der Waals surface area contributed by atoms with Crippen LogP contribution in [0.2, 0.25) is 0 Å². The number of aryl methyl sites for hydroxylation is 2. The Kier molecular flexibility index (Phi) is 3.98. The summed E-state index contributed by atoms with van der Waals surface area (Å²) in [6.45, 7) is 3.70. The Labute approximate surface area is 120 Å². The van der Waals surface area contributed by atoms with Crippen molar-refractivity contribution in [2.75, 3.05) is 5.32 Å². The van der Waals surface area contributed by atoms with Gasteiger partial charge in [-0.3, -0.25) is 14.9 Å². The zero-order valence-electron chi connectivity index (χ0n) is 11.5. The first-order chi connectivity index (χ1) is 9.88. The van der Waals surface area contributed by atoms with E-state index in [2.05, 4.69) is 5.32 Å². The van der Waals surface area contributed by atoms with Gasteiger partial charge in [0.1, 0.15) is 5.82 Å². The van der Waals surface area contributed by atoms with Gasteiger partial charge in [0.05, 0.1) is 16.6 Å². The molecule has 2 rings (SSSR count). The molecule has 0 aliphatic carbocycles. The molecule has 6 heteroatoms. The van der Waals surface area contributed by atoms with Crippen LogP contribution in [-0.4, -0.2) is 10.8 Å². The lowest BCUT2D eigenvalue weighted by atomic mass is 10.1. The van der Waals surface area contributed by atoms with Gasteiger partial charge >= 0.3 is 0 Å². The fraction of sp³-hybridized carbons (Fsp3) is 0.133. The van der Waals surface area contributed by atoms with Crippen LogP contribution < -0.4 is 5.32 Å². The number of hydrogen-bond donors (Lipinski definition) is 1. The maximum atomic E-state index is 13.8. The van der Waals surface area contributed by atoms with Gasteiger partial charge in [0.15, 0.2) is 0 Å². The Bertz CT molecular complexity index is 729. The summed E-state index contributed by atoms with van der Waals surface area (Å²) in [6, 6.07) is 8.46. The van der Waals surface area contributed by atoms with Crippen LogP contribution in [0.1, 0.15) is 21.5 Å². The number of amides is 1. The predicted octanol–water partition coefficient (Wildman–Crippen LogP) is 3.60. The molecule has 0 aromatic heterocycles. The molecule has 5 nitrogen and oxygen atoms in total. The van der Waals surface area contributed by atoms with Crippen LogP contribution >= 0.6 is 0 Å². The van der Waals surface area contributed by atoms with Crippen LogP contribution in [0.3, 0.4) is 0 Å². The predicted molar refractivity (Wildman–Crippen MR) is 76.9 cm³/mol. The Morgan fingerprint density at radius 1 is 1.19 bits per heavy atom. The Morgan fingerprint density at radius 2 is 1.90 bits per heavy atom. The third kappa shape index (κ3) is 3.22. The third-order valence-corrected chi connectivity index (χ3v) is 3.05. The Balaban J connectivity index is 2.28. The normalized spacial score (nSPS) is 10.2. The summed E-state index contributed by atoms with van der Waals surface area (Å²) in [7, 11) is 0. The lowest BCUT2D eigenvalue weighted by Gasteiger charge is -2.09. The number of halogens is 1. The molecular formula is C15H13FN2O3. The van der Waals surface area contributed by atoms with Crippen molar-refractivity contribution in [1.29, 1.82) is 0 Å². The van der Waals surface area contributed by atoms with Crippen molar-refractivity contribution in [3.63, 3.8) is 0 Å². The number of carbonyl (C=O) groups excluding carboxylic acids is 1. The highest BCUT2D eigenvalue weighted by Gasteiger charge is 2.16. The van der Waals surface area contributed by atoms with Gasteiger partial charge in [-0.2, -0.15) is 0 Å². The zero-order valence-corrected chi connectivity index (χ0v) is 11.5. The second-order valence-corrected chi connectivity index (χ2v) is 4.69. The summed E-state index contributed by atoms with van der Waals surface area (Å²) >= 11 is 0. The van der Waals surface area contributed by atoms with E-state index in [1.165, 1.54) is 0 Å². The molecule has 0 aliphatic rings. The van der Waals surface area contributed by atoms with Gasteiger partial charge in [-0.15, -0.1) is 0 Å². The highest BCUT2D eigenvalue weighted by atomic mass is 19.1. The Morgan fingerprint density at radius 3 is 2.52 bits per heavy atom. The number of nitrogens with one attached hydrogen (secondary N) is 1. The fourth-order valence-corrected chi connectivity index (χ4v) is 1.86. The third-order valence-electron chi connectivity index (χ3n) is 3.05. The number of nitro groups is 1. The van der Waals surface area contributed by atoms with Crippen molar-refractivity contribution < 1.29 is 14.1 Å². The van der Waals surface area contributed by atoms with Crippen LogP contribution in [-0.2, 0) is 0 Å². The molecule has 1 amide bonds. The number of non-ortho nitro benzene ring substituents is 1. The molecular weight excluding hydrogens is 275 g/mol. The first-order valence-corrected chi connectivity index (χ1v) is 6.21. The summed E-state index contributed by atoms with van der Waals surface area (Å²) in [5.74, 6) is -1.57. The number of nitro benzene ring substituents is 1. The largest absolute Gasteiger partial charge is 0.322 e. The number of carbonyl (C=O) groups is 1. The van der Waals surface area contributed by atoms with Crippen molar-refractivity contribution in [1.82, 2.24) is 0 Å². The lowest BCUT2D eigenvalue weighted by Crippen LogP contribution is -2.14. The maximum Gasteiger partial charge on any atom is 0.272 e. The average Bonchev–Trinajstić information content (AvgIpc) is 2.42. The molecule has 0 saturated carbocycles. The average molecular weight is 288 g/mol. The highest BCUT2D eigenvalue weighted by Crippen LogP contribution is 2.20. The van der Waals surface area contributed by atoms with Gasteiger partial charge < -0.3 is 5.32 Å². The van der Waals surface area contributed by atoms with Crippen molar-refractivity contribution in [3.8, 4) is 0 Å². The van der Waals surface area contributed by atoms with Crippen molar-refractivity contribution in [3.05, 3.63) is 69.0 Å². The molecule has 0 saturated heterocycles. The molecule has 108 valence electrons. The topological polar surface area (TPSA) is 72.2 Å². The van der Waals surface area contributed by atoms with Crippen molar-refractivity contribution in [2.24, 2.45) is 0 Å². The summed E-state index contributed by atoms with van der Waals surface area (Å²) in [6.07, 6.45) is 0. The highest BCUT2D eigenvalue weighted by molar-refractivity contribution is 6.05. The van der Waals surface area contributed by atoms with Gasteiger partial charge in [0.2, 0.25) is 0 Å². The Hall–Kier alpha value is -2.76. The number of rotatable bonds is 3. The van der Waals surface area contributed by atoms with E-state index in [9.17, 15) is 19.3 Å². The van der Waals surface area contributed by atoms with Gasteiger partial charge in [-0.25, -0.2) is 4.39 Å². The number of anilines is 1. The molecule has 2 aromatic rings. The van der Waals surface area contributed by atoms with E-state index in [0.717, 1.165) is 29.3 Å². The van der Waals surface area contributed by atoms with E-state index in [-0.39, 0.29) is 5.56 Å². The minimum atomic E-state index is -0.924. The van der Waals surface area contributed by atoms with E-state index in [0.29, 0.717) is 5.69 Å². The molecule has 0 heterocycles. The molecule has 0 radical (unpaired) electrons. The summed E-state index contributed by atoms with van der Waals surface area (Å²) in [5.41, 5.74) is 1.76. The van der Waals surface area contributed by atoms with Crippen LogP contribution in [0.5, 0.6) is 0 Å². The van der Waals surface area contributed by atoms with Crippen LogP contribution in [0.4, 0.5) is 15.8 Å². The van der Waals surface area contributed by atoms with Crippen molar-refractivity contribution >= 4 is 17.3 Å². The van der Waals surface area contributed by atoms with E-state index < -0.39 is 22.3 Å². The van der Waals surface area contributed by atoms with Gasteiger partial charge in [0, 0.05) is 11.8 Å². The van der Waals surface area contributed by atoms with Gasteiger partial charge in [-0.05, 0) is 37.1 Å². The van der Waals surface area contributed by atoms with E-state index >= 15 is 0 Å². The number of benzene rings is 2. The first kappa shape index (κ1) is 14.6. The standard InChI is InChI=1S/C15H13FN2O3/c1-9-3-4-10(2)14(7-9)17-15(19)12-6-5-11(18(20)21)8-13(12)16/h3-8H,1-2H3,(H,17,19). The quantitative estimate of drug-likeness (QED) is 0.692.